The van der Waals surface area contributed by atoms with Crippen molar-refractivity contribution in [3.63, 3.8) is 0 Å². The molecule has 1 aromatic carbocycles. The van der Waals surface area contributed by atoms with E-state index >= 15 is 0 Å². The Morgan fingerprint density at radius 1 is 1.14 bits per heavy atom. The molecule has 0 bridgehead atoms. The van der Waals surface area contributed by atoms with Crippen LogP contribution in [0.4, 0.5) is 9.18 Å². The van der Waals surface area contributed by atoms with Crippen molar-refractivity contribution in [1.29, 1.82) is 0 Å². The van der Waals surface area contributed by atoms with E-state index in [9.17, 15) is 18.5 Å². The lowest BCUT2D eigenvalue weighted by molar-refractivity contribution is -0.0393. The third kappa shape index (κ3) is 7.50. The molecule has 0 saturated heterocycles. The zero-order valence-electron chi connectivity index (χ0n) is 26.1. The Morgan fingerprint density at radius 3 is 2.50 bits per heavy atom. The molecule has 8 atom stereocenters. The summed E-state index contributed by atoms with van der Waals surface area (Å²) in [7, 11) is 15.9. The van der Waals surface area contributed by atoms with Gasteiger partial charge in [-0.15, -0.1) is 0 Å². The molecule has 10 heteroatoms. The fourth-order valence-electron chi connectivity index (χ4n) is 7.89. The van der Waals surface area contributed by atoms with Crippen LogP contribution in [0.3, 0.4) is 0 Å². The highest BCUT2D eigenvalue weighted by molar-refractivity contribution is 7.84. The zero-order chi connectivity index (χ0) is 31.1. The largest absolute Gasteiger partial charge is 0.413 e. The summed E-state index contributed by atoms with van der Waals surface area (Å²) >= 11 is 0. The summed E-state index contributed by atoms with van der Waals surface area (Å²) in [5.74, 6) is 3.14. The van der Waals surface area contributed by atoms with Gasteiger partial charge in [-0.2, -0.15) is 0 Å². The second-order valence-corrected chi connectivity index (χ2v) is 16.5. The SMILES string of the molecule is [B]C([B])(C)C([B])(F)CCCS(=O)CCCC1Cc2cc(OC(=O)NC(C)(C)C)ccc2[C@H]2CCC3(C)C(O)CCC3C12. The van der Waals surface area contributed by atoms with E-state index in [1.165, 1.54) is 18.1 Å². The summed E-state index contributed by atoms with van der Waals surface area (Å²) in [6.45, 7) is 9.37. The highest BCUT2D eigenvalue weighted by Gasteiger charge is 2.56. The molecule has 0 aliphatic heterocycles. The molecule has 5 nitrogen and oxygen atoms in total. The van der Waals surface area contributed by atoms with Gasteiger partial charge in [0, 0.05) is 27.8 Å². The van der Waals surface area contributed by atoms with Gasteiger partial charge in [-0.05, 0) is 131 Å². The number of rotatable bonds is 10. The number of hydrogen-bond acceptors (Lipinski definition) is 4. The number of ether oxygens (including phenoxy) is 1. The van der Waals surface area contributed by atoms with Crippen LogP contribution in [0.25, 0.3) is 0 Å². The van der Waals surface area contributed by atoms with Gasteiger partial charge in [-0.25, -0.2) is 4.79 Å². The van der Waals surface area contributed by atoms with Crippen molar-refractivity contribution < 1.29 is 23.2 Å². The van der Waals surface area contributed by atoms with Crippen LogP contribution in [0.2, 0.25) is 5.21 Å². The van der Waals surface area contributed by atoms with Crippen molar-refractivity contribution in [2.24, 2.45) is 23.2 Å². The van der Waals surface area contributed by atoms with Crippen molar-refractivity contribution in [1.82, 2.24) is 5.32 Å². The predicted octanol–water partition coefficient (Wildman–Crippen LogP) is 5.63. The van der Waals surface area contributed by atoms with E-state index in [2.05, 4.69) is 18.3 Å². The third-order valence-electron chi connectivity index (χ3n) is 10.3. The Kier molecular flexibility index (Phi) is 10.1. The van der Waals surface area contributed by atoms with Crippen molar-refractivity contribution >= 4 is 40.4 Å². The van der Waals surface area contributed by atoms with Gasteiger partial charge >= 0.3 is 6.09 Å². The first-order valence-corrected chi connectivity index (χ1v) is 17.1. The molecular weight excluding hydrogens is 546 g/mol. The van der Waals surface area contributed by atoms with Gasteiger partial charge in [0.15, 0.2) is 0 Å². The summed E-state index contributed by atoms with van der Waals surface area (Å²) in [6.07, 6.45) is 6.12. The second-order valence-electron chi connectivity index (χ2n) is 14.8. The molecule has 0 spiro atoms. The van der Waals surface area contributed by atoms with Crippen LogP contribution < -0.4 is 10.1 Å². The summed E-state index contributed by atoms with van der Waals surface area (Å²) in [5, 5.41) is 12.2. The summed E-state index contributed by atoms with van der Waals surface area (Å²) < 4.78 is 33.0. The monoisotopic (exact) mass is 593 g/mol. The number of alkyl halides is 1. The highest BCUT2D eigenvalue weighted by atomic mass is 32.2. The fraction of sp³-hybridized carbons (Fsp3) is 0.781. The smallest absolute Gasteiger partial charge is 0.410 e. The maximum absolute atomic E-state index is 14.5. The first-order chi connectivity index (χ1) is 19.4. The van der Waals surface area contributed by atoms with E-state index in [0.29, 0.717) is 47.3 Å². The molecule has 3 aliphatic carbocycles. The van der Waals surface area contributed by atoms with Crippen LogP contribution in [0.15, 0.2) is 18.2 Å². The number of carbonyl (C=O) groups is 1. The second kappa shape index (κ2) is 12.6. The Hall–Kier alpha value is -1.28. The molecule has 2 fully saturated rings. The summed E-state index contributed by atoms with van der Waals surface area (Å²) in [6, 6.07) is 6.07. The average Bonchev–Trinajstić information content (AvgIpc) is 3.16. The molecular formula is C32H47B3FNO4S. The van der Waals surface area contributed by atoms with E-state index in [0.717, 1.165) is 44.9 Å². The number of benzene rings is 1. The fourth-order valence-corrected chi connectivity index (χ4v) is 9.05. The minimum atomic E-state index is -2.21. The van der Waals surface area contributed by atoms with E-state index < -0.39 is 27.7 Å². The van der Waals surface area contributed by atoms with Crippen LogP contribution >= 0.6 is 0 Å². The van der Waals surface area contributed by atoms with Gasteiger partial charge in [0.1, 0.15) is 13.6 Å². The average molecular weight is 593 g/mol. The third-order valence-corrected chi connectivity index (χ3v) is 11.8. The van der Waals surface area contributed by atoms with Gasteiger partial charge in [-0.3, -0.25) is 8.60 Å². The first kappa shape index (κ1) is 33.6. The maximum atomic E-state index is 14.5. The summed E-state index contributed by atoms with van der Waals surface area (Å²) in [5.41, 5.74) is -0.0967. The number of fused-ring (bicyclic) bond motifs is 5. The molecule has 3 aliphatic rings. The van der Waals surface area contributed by atoms with Crippen molar-refractivity contribution in [3.8, 4) is 5.75 Å². The van der Waals surface area contributed by atoms with Gasteiger partial charge in [0.2, 0.25) is 0 Å². The van der Waals surface area contributed by atoms with Gasteiger partial charge in [-0.1, -0.05) is 25.1 Å². The maximum Gasteiger partial charge on any atom is 0.413 e. The van der Waals surface area contributed by atoms with E-state index in [1.54, 1.807) is 0 Å². The topological polar surface area (TPSA) is 75.6 Å². The van der Waals surface area contributed by atoms with E-state index in [-0.39, 0.29) is 23.5 Å². The number of aliphatic hydroxyl groups excluding tert-OH is 1. The standard InChI is InChI=1S/C32H47B3FNO4S/c1-29(2,3)37-28(39)41-22-9-10-23-21(19-22)18-20(27-24(23)13-15-30(4)25(27)11-12-26(30)38)8-6-16-42(40)17-7-14-32(35,36)31(5,33)34/h9-10,19-20,24-27,38H,6-8,11-18H2,1-5H3,(H,37,39)/t20?,24-,25?,26?,27?,30?,32?,42?/m1/s1. The van der Waals surface area contributed by atoms with Crippen LogP contribution in [-0.2, 0) is 17.2 Å². The number of nitrogens with one attached hydrogen (secondary N) is 1. The van der Waals surface area contributed by atoms with Crippen LogP contribution in [0.5, 0.6) is 5.75 Å². The summed E-state index contributed by atoms with van der Waals surface area (Å²) in [4.78, 5) is 12.4. The van der Waals surface area contributed by atoms with Gasteiger partial charge in [0.25, 0.3) is 0 Å². The number of aliphatic hydroxyl groups is 1. The van der Waals surface area contributed by atoms with Crippen molar-refractivity contribution in [3.05, 3.63) is 29.3 Å². The molecule has 1 aromatic rings. The van der Waals surface area contributed by atoms with Crippen molar-refractivity contribution in [2.75, 3.05) is 11.5 Å². The molecule has 1 amide bonds. The Labute approximate surface area is 259 Å². The Balaban J connectivity index is 1.45. The van der Waals surface area contributed by atoms with Crippen LogP contribution in [0, 0.1) is 23.2 Å². The number of carbonyl (C=O) groups excluding carboxylic acids is 1. The molecule has 42 heavy (non-hydrogen) atoms. The molecule has 226 valence electrons. The predicted molar refractivity (Wildman–Crippen MR) is 171 cm³/mol. The van der Waals surface area contributed by atoms with Crippen LogP contribution in [0.1, 0.15) is 103 Å². The zero-order valence-corrected chi connectivity index (χ0v) is 26.9. The van der Waals surface area contributed by atoms with Gasteiger partial charge in [0.05, 0.1) is 27.4 Å². The Bertz CT molecular complexity index is 1150. The lowest BCUT2D eigenvalue weighted by atomic mass is 9.42. The minimum Gasteiger partial charge on any atom is -0.410 e. The lowest BCUT2D eigenvalue weighted by Gasteiger charge is -2.53. The first-order valence-electron chi connectivity index (χ1n) is 15.6. The Morgan fingerprint density at radius 2 is 1.83 bits per heavy atom. The van der Waals surface area contributed by atoms with E-state index in [1.807, 2.05) is 32.9 Å². The highest BCUT2D eigenvalue weighted by Crippen LogP contribution is 2.62. The molecule has 0 heterocycles. The molecule has 6 radical (unpaired) electrons. The van der Waals surface area contributed by atoms with Crippen molar-refractivity contribution in [2.45, 2.75) is 121 Å². The molecule has 4 rings (SSSR count). The molecule has 2 N–H and O–H groups in total. The van der Waals surface area contributed by atoms with Gasteiger partial charge < -0.3 is 15.2 Å². The molecule has 0 aromatic heterocycles. The minimum absolute atomic E-state index is 0.0355. The quantitative estimate of drug-likeness (QED) is 0.345. The van der Waals surface area contributed by atoms with E-state index in [4.69, 9.17) is 28.3 Å². The number of amides is 1. The number of hydrogen-bond donors (Lipinski definition) is 2. The molecule has 2 saturated carbocycles. The van der Waals surface area contributed by atoms with Crippen LogP contribution in [-0.4, -0.2) is 67.7 Å². The normalized spacial score (nSPS) is 31.3. The molecule has 7 unspecified atom stereocenters. The number of halogens is 1. The lowest BCUT2D eigenvalue weighted by Crippen LogP contribution is -2.47.